The summed E-state index contributed by atoms with van der Waals surface area (Å²) >= 11 is 1.55. The van der Waals surface area contributed by atoms with Gasteiger partial charge in [0.15, 0.2) is 5.82 Å². The van der Waals surface area contributed by atoms with Crippen LogP contribution in [-0.4, -0.2) is 33.7 Å². The monoisotopic (exact) mass is 319 g/mol. The zero-order valence-corrected chi connectivity index (χ0v) is 14.0. The summed E-state index contributed by atoms with van der Waals surface area (Å²) in [6.45, 7) is 4.46. The number of benzene rings is 1. The molecule has 1 amide bonds. The molecule has 0 saturated carbocycles. The van der Waals surface area contributed by atoms with Crippen LogP contribution in [0.4, 0.5) is 0 Å². The molecule has 0 N–H and O–H groups in total. The van der Waals surface area contributed by atoms with Gasteiger partial charge in [0.05, 0.1) is 12.3 Å². The largest absolute Gasteiger partial charge is 0.337 e. The zero-order valence-electron chi connectivity index (χ0n) is 13.2. The van der Waals surface area contributed by atoms with Gasteiger partial charge in [0.2, 0.25) is 11.8 Å². The van der Waals surface area contributed by atoms with Crippen molar-refractivity contribution in [3.05, 3.63) is 41.5 Å². The van der Waals surface area contributed by atoms with Crippen molar-refractivity contribution in [3.63, 3.8) is 0 Å². The molecule has 22 heavy (non-hydrogen) atoms. The molecular weight excluding hydrogens is 298 g/mol. The fraction of sp³-hybridized carbons (Fsp3) is 0.438. The van der Waals surface area contributed by atoms with Gasteiger partial charge >= 0.3 is 0 Å². The molecule has 0 fully saturated rings. The van der Waals surface area contributed by atoms with E-state index in [0.717, 1.165) is 17.7 Å². The highest BCUT2D eigenvalue weighted by atomic mass is 32.2. The third-order valence-electron chi connectivity index (χ3n) is 3.23. The Morgan fingerprint density at radius 1 is 1.36 bits per heavy atom. The standard InChI is InChI=1S/C16H21N3O2S/c1-4-7-14-17-15(21-18-14)10-19(3)16(20)11-22-13-9-6-5-8-12(13)2/h5-6,8-9H,4,7,10-11H2,1-3H3. The number of aryl methyl sites for hydroxylation is 2. The lowest BCUT2D eigenvalue weighted by molar-refractivity contribution is -0.127. The minimum Gasteiger partial charge on any atom is -0.337 e. The summed E-state index contributed by atoms with van der Waals surface area (Å²) in [5.41, 5.74) is 1.18. The quantitative estimate of drug-likeness (QED) is 0.734. The normalized spacial score (nSPS) is 10.7. The van der Waals surface area contributed by atoms with E-state index in [2.05, 4.69) is 17.1 Å². The summed E-state index contributed by atoms with van der Waals surface area (Å²) in [5.74, 6) is 1.63. The van der Waals surface area contributed by atoms with Crippen LogP contribution in [0.15, 0.2) is 33.7 Å². The predicted octanol–water partition coefficient (Wildman–Crippen LogP) is 3.08. The van der Waals surface area contributed by atoms with Crippen LogP contribution in [-0.2, 0) is 17.8 Å². The first-order valence-electron chi connectivity index (χ1n) is 7.34. The lowest BCUT2D eigenvalue weighted by atomic mass is 10.2. The Bertz CT molecular complexity index is 627. The number of nitrogens with zero attached hydrogens (tertiary/aromatic N) is 3. The minimum absolute atomic E-state index is 0.0449. The minimum atomic E-state index is 0.0449. The van der Waals surface area contributed by atoms with Crippen molar-refractivity contribution in [1.82, 2.24) is 15.0 Å². The number of carbonyl (C=O) groups excluding carboxylic acids is 1. The van der Waals surface area contributed by atoms with E-state index in [1.165, 1.54) is 5.56 Å². The van der Waals surface area contributed by atoms with Crippen LogP contribution in [0.25, 0.3) is 0 Å². The van der Waals surface area contributed by atoms with Crippen molar-refractivity contribution < 1.29 is 9.32 Å². The molecule has 0 aliphatic rings. The number of aromatic nitrogens is 2. The summed E-state index contributed by atoms with van der Waals surface area (Å²) in [5, 5.41) is 3.89. The number of amides is 1. The number of hydrogen-bond acceptors (Lipinski definition) is 5. The molecule has 5 nitrogen and oxygen atoms in total. The van der Waals surface area contributed by atoms with Crippen LogP contribution in [0.2, 0.25) is 0 Å². The smallest absolute Gasteiger partial charge is 0.246 e. The van der Waals surface area contributed by atoms with Crippen LogP contribution < -0.4 is 0 Å². The Kier molecular flexibility index (Phi) is 6.00. The maximum atomic E-state index is 12.2. The van der Waals surface area contributed by atoms with Gasteiger partial charge in [-0.1, -0.05) is 30.3 Å². The first-order valence-corrected chi connectivity index (χ1v) is 8.32. The molecule has 0 radical (unpaired) electrons. The number of rotatable bonds is 7. The molecule has 0 atom stereocenters. The Labute approximate surface area is 135 Å². The Morgan fingerprint density at radius 2 is 2.14 bits per heavy atom. The van der Waals surface area contributed by atoms with Gasteiger partial charge in [0.1, 0.15) is 0 Å². The average molecular weight is 319 g/mol. The SMILES string of the molecule is CCCc1noc(CN(C)C(=O)CSc2ccccc2C)n1. The maximum Gasteiger partial charge on any atom is 0.246 e. The molecule has 118 valence electrons. The van der Waals surface area contributed by atoms with Gasteiger partial charge in [-0.3, -0.25) is 4.79 Å². The molecule has 1 aromatic heterocycles. The van der Waals surface area contributed by atoms with Crippen molar-refractivity contribution in [2.45, 2.75) is 38.1 Å². The Balaban J connectivity index is 1.85. The van der Waals surface area contributed by atoms with E-state index in [0.29, 0.717) is 24.0 Å². The molecule has 0 spiro atoms. The molecule has 0 unspecified atom stereocenters. The summed E-state index contributed by atoms with van der Waals surface area (Å²) in [6.07, 6.45) is 1.77. The van der Waals surface area contributed by atoms with E-state index in [4.69, 9.17) is 4.52 Å². The second-order valence-corrected chi connectivity index (χ2v) is 6.18. The molecule has 0 saturated heterocycles. The van der Waals surface area contributed by atoms with Crippen LogP contribution in [0.1, 0.15) is 30.6 Å². The molecular formula is C16H21N3O2S. The zero-order chi connectivity index (χ0) is 15.9. The van der Waals surface area contributed by atoms with Crippen molar-refractivity contribution in [1.29, 1.82) is 0 Å². The van der Waals surface area contributed by atoms with E-state index in [9.17, 15) is 4.79 Å². The van der Waals surface area contributed by atoms with E-state index < -0.39 is 0 Å². The Morgan fingerprint density at radius 3 is 2.86 bits per heavy atom. The van der Waals surface area contributed by atoms with Gasteiger partial charge in [0, 0.05) is 18.4 Å². The highest BCUT2D eigenvalue weighted by Crippen LogP contribution is 2.22. The second-order valence-electron chi connectivity index (χ2n) is 5.16. The highest BCUT2D eigenvalue weighted by Gasteiger charge is 2.14. The van der Waals surface area contributed by atoms with Crippen LogP contribution in [0.3, 0.4) is 0 Å². The van der Waals surface area contributed by atoms with Crippen molar-refractivity contribution in [3.8, 4) is 0 Å². The topological polar surface area (TPSA) is 59.2 Å². The summed E-state index contributed by atoms with van der Waals surface area (Å²) in [7, 11) is 1.75. The van der Waals surface area contributed by atoms with E-state index >= 15 is 0 Å². The molecule has 0 bridgehead atoms. The lowest BCUT2D eigenvalue weighted by Gasteiger charge is -2.14. The lowest BCUT2D eigenvalue weighted by Crippen LogP contribution is -2.28. The van der Waals surface area contributed by atoms with Gasteiger partial charge in [-0.15, -0.1) is 11.8 Å². The summed E-state index contributed by atoms with van der Waals surface area (Å²) in [4.78, 5) is 19.2. The molecule has 2 rings (SSSR count). The molecule has 1 aromatic carbocycles. The van der Waals surface area contributed by atoms with E-state index in [1.54, 1.807) is 23.7 Å². The number of thioether (sulfide) groups is 1. The number of hydrogen-bond donors (Lipinski definition) is 0. The first kappa shape index (κ1) is 16.5. The second kappa shape index (κ2) is 7.98. The van der Waals surface area contributed by atoms with Gasteiger partial charge in [-0.2, -0.15) is 4.98 Å². The fourth-order valence-electron chi connectivity index (χ4n) is 1.94. The third kappa shape index (κ3) is 4.59. The highest BCUT2D eigenvalue weighted by molar-refractivity contribution is 8.00. The van der Waals surface area contributed by atoms with Crippen LogP contribution in [0, 0.1) is 6.92 Å². The maximum absolute atomic E-state index is 12.2. The predicted molar refractivity (Wildman–Crippen MR) is 86.7 cm³/mol. The Hall–Kier alpha value is -1.82. The van der Waals surface area contributed by atoms with Gasteiger partial charge in [-0.05, 0) is 25.0 Å². The summed E-state index contributed by atoms with van der Waals surface area (Å²) in [6, 6.07) is 8.06. The molecule has 6 heteroatoms. The third-order valence-corrected chi connectivity index (χ3v) is 4.39. The average Bonchev–Trinajstić information content (AvgIpc) is 2.93. The van der Waals surface area contributed by atoms with Gasteiger partial charge in [-0.25, -0.2) is 0 Å². The van der Waals surface area contributed by atoms with Crippen LogP contribution >= 0.6 is 11.8 Å². The molecule has 2 aromatic rings. The molecule has 1 heterocycles. The fourth-order valence-corrected chi connectivity index (χ4v) is 2.91. The first-order chi connectivity index (χ1) is 10.6. The molecule has 0 aliphatic carbocycles. The van der Waals surface area contributed by atoms with Crippen molar-refractivity contribution >= 4 is 17.7 Å². The van der Waals surface area contributed by atoms with Crippen LogP contribution in [0.5, 0.6) is 0 Å². The van der Waals surface area contributed by atoms with E-state index in [1.807, 2.05) is 31.2 Å². The number of carbonyl (C=O) groups is 1. The van der Waals surface area contributed by atoms with Crippen molar-refractivity contribution in [2.24, 2.45) is 0 Å². The van der Waals surface area contributed by atoms with Gasteiger partial charge < -0.3 is 9.42 Å². The summed E-state index contributed by atoms with van der Waals surface area (Å²) < 4.78 is 5.16. The molecule has 0 aliphatic heterocycles. The van der Waals surface area contributed by atoms with Crippen molar-refractivity contribution in [2.75, 3.05) is 12.8 Å². The van der Waals surface area contributed by atoms with Gasteiger partial charge in [0.25, 0.3) is 0 Å². The van der Waals surface area contributed by atoms with E-state index in [-0.39, 0.29) is 5.91 Å².